The van der Waals surface area contributed by atoms with Crippen molar-refractivity contribution in [2.45, 2.75) is 0 Å². The molecule has 0 rings (SSSR count). The van der Waals surface area contributed by atoms with E-state index in [4.69, 9.17) is 20.4 Å². The number of carboxylic acids is 4. The number of hydrogen-bond donors (Lipinski definition) is 6. The Bertz CT molecular complexity index is 354. The van der Waals surface area contributed by atoms with Gasteiger partial charge in [-0.2, -0.15) is 0 Å². The van der Waals surface area contributed by atoms with Crippen LogP contribution in [0.5, 0.6) is 0 Å². The van der Waals surface area contributed by atoms with E-state index >= 15 is 0 Å². The van der Waals surface area contributed by atoms with Crippen molar-refractivity contribution >= 4 is 23.9 Å². The van der Waals surface area contributed by atoms with Gasteiger partial charge in [0.05, 0.1) is 26.2 Å². The van der Waals surface area contributed by atoms with Crippen molar-refractivity contribution in [2.75, 3.05) is 39.3 Å². The van der Waals surface area contributed by atoms with Crippen molar-refractivity contribution in [1.82, 2.24) is 22.1 Å². The summed E-state index contributed by atoms with van der Waals surface area (Å²) in [6.07, 6.45) is 0. The van der Waals surface area contributed by atoms with Gasteiger partial charge < -0.3 is 38.4 Å². The molecule has 0 aromatic carbocycles. The minimum atomic E-state index is -1.23. The van der Waals surface area contributed by atoms with Crippen LogP contribution >= 0.6 is 0 Å². The van der Waals surface area contributed by atoms with Gasteiger partial charge in [-0.05, 0) is 0 Å². The predicted octanol–water partition coefficient (Wildman–Crippen LogP) is -13.3. The number of hydrogen-bond acceptors (Lipinski definition) is 8. The Morgan fingerprint density at radius 3 is 0.808 bits per heavy atom. The van der Waals surface area contributed by atoms with E-state index in [1.165, 1.54) is 0 Å². The molecule has 12 nitrogen and oxygen atoms in total. The van der Waals surface area contributed by atoms with Gasteiger partial charge in [-0.25, -0.2) is 0 Å². The zero-order chi connectivity index (χ0) is 15.7. The number of nitrogens with zero attached hydrogens (tertiary/aromatic N) is 2. The summed E-state index contributed by atoms with van der Waals surface area (Å²) >= 11 is 0. The summed E-state index contributed by atoms with van der Waals surface area (Å²) in [7, 11) is 0. The van der Waals surface area contributed by atoms with Crippen molar-refractivity contribution in [3.8, 4) is 0 Å². The topological polar surface area (TPSA) is 226 Å². The molecule has 26 heavy (non-hydrogen) atoms. The van der Waals surface area contributed by atoms with Gasteiger partial charge in [0.15, 0.2) is 0 Å². The second-order valence-electron chi connectivity index (χ2n) is 4.00. The molecule has 16 heteroatoms. The summed E-state index contributed by atoms with van der Waals surface area (Å²) in [5, 5.41) is 34.5. The first kappa shape index (κ1) is 46.1. The Kier molecular flexibility index (Phi) is 47.4. The van der Waals surface area contributed by atoms with Crippen LogP contribution < -0.4 is 131 Å². The third kappa shape index (κ3) is 30.4. The summed E-state index contributed by atoms with van der Waals surface area (Å²) in [5.74, 6) is -4.91. The summed E-state index contributed by atoms with van der Waals surface area (Å²) in [5.41, 5.74) is 0. The summed E-state index contributed by atoms with van der Waals surface area (Å²) in [6.45, 7) is -2.25. The monoisotopic (exact) mass is 422 g/mol. The number of rotatable bonds is 11. The SMILES string of the molecule is N.N.O=C(O)CN(CCN(CC(=O)O)CC(=O)O)CC(=O)O.[H-].[H-].[H-].[H-].[Na+].[Na+].[Na+].[Na+]. The van der Waals surface area contributed by atoms with Crippen LogP contribution in [-0.2, 0) is 19.2 Å². The van der Waals surface area contributed by atoms with E-state index in [0.29, 0.717) is 0 Å². The van der Waals surface area contributed by atoms with Crippen LogP contribution in [0.25, 0.3) is 0 Å². The van der Waals surface area contributed by atoms with E-state index in [1.54, 1.807) is 0 Å². The largest absolute Gasteiger partial charge is 1.00 e. The van der Waals surface area contributed by atoms with Crippen molar-refractivity contribution in [2.24, 2.45) is 0 Å². The Morgan fingerprint density at radius 2 is 0.692 bits per heavy atom. The smallest absolute Gasteiger partial charge is 1.00 e. The maximum Gasteiger partial charge on any atom is 1.00 e. The van der Waals surface area contributed by atoms with Crippen LogP contribution in [0.4, 0.5) is 0 Å². The molecule has 0 unspecified atom stereocenters. The van der Waals surface area contributed by atoms with E-state index in [9.17, 15) is 19.2 Å². The van der Waals surface area contributed by atoms with E-state index in [0.717, 1.165) is 9.80 Å². The minimum Gasteiger partial charge on any atom is -1.00 e. The second-order valence-corrected chi connectivity index (χ2v) is 4.00. The average Bonchev–Trinajstić information content (AvgIpc) is 2.22. The average molecular weight is 422 g/mol. The Hall–Kier alpha value is 1.72. The fourth-order valence-corrected chi connectivity index (χ4v) is 1.48. The molecule has 0 spiro atoms. The molecule has 0 aliphatic rings. The maximum atomic E-state index is 10.6. The van der Waals surface area contributed by atoms with Gasteiger partial charge in [-0.15, -0.1) is 0 Å². The van der Waals surface area contributed by atoms with Crippen molar-refractivity contribution in [3.63, 3.8) is 0 Å². The molecular formula is C10H26N4Na4O8. The van der Waals surface area contributed by atoms with Crippen molar-refractivity contribution in [3.05, 3.63) is 0 Å². The summed E-state index contributed by atoms with van der Waals surface area (Å²) in [4.78, 5) is 44.4. The number of aliphatic carboxylic acids is 4. The fraction of sp³-hybridized carbons (Fsp3) is 0.600. The molecule has 0 aromatic heterocycles. The molecular weight excluding hydrogens is 396 g/mol. The fourth-order valence-electron chi connectivity index (χ4n) is 1.48. The Labute approximate surface area is 245 Å². The summed E-state index contributed by atoms with van der Waals surface area (Å²) in [6, 6.07) is 0. The molecule has 10 N–H and O–H groups in total. The van der Waals surface area contributed by atoms with E-state index < -0.39 is 50.1 Å². The van der Waals surface area contributed by atoms with Gasteiger partial charge in [0.25, 0.3) is 0 Å². The molecule has 138 valence electrons. The quantitative estimate of drug-likeness (QED) is 0.171. The molecule has 0 aliphatic heterocycles. The van der Waals surface area contributed by atoms with E-state index in [-0.39, 0.29) is 149 Å². The Balaban J connectivity index is -0.0000000401. The van der Waals surface area contributed by atoms with Crippen molar-refractivity contribution in [1.29, 1.82) is 0 Å². The third-order valence-corrected chi connectivity index (χ3v) is 2.17. The molecule has 0 atom stereocenters. The number of carbonyl (C=O) groups is 4. The molecule has 0 aromatic rings. The molecule has 0 fully saturated rings. The zero-order valence-electron chi connectivity index (χ0n) is 20.0. The first-order chi connectivity index (χ1) is 9.20. The first-order valence-corrected chi connectivity index (χ1v) is 5.52. The van der Waals surface area contributed by atoms with Gasteiger partial charge in [0.2, 0.25) is 0 Å². The van der Waals surface area contributed by atoms with Crippen LogP contribution in [0.2, 0.25) is 0 Å². The molecule has 0 saturated carbocycles. The zero-order valence-corrected chi connectivity index (χ0v) is 24.0. The van der Waals surface area contributed by atoms with Crippen LogP contribution in [-0.4, -0.2) is 93.4 Å². The molecule has 0 radical (unpaired) electrons. The van der Waals surface area contributed by atoms with Gasteiger partial charge in [-0.1, -0.05) is 0 Å². The molecule has 0 saturated heterocycles. The molecule has 0 amide bonds. The van der Waals surface area contributed by atoms with Crippen LogP contribution in [0.15, 0.2) is 0 Å². The molecule has 0 bridgehead atoms. The van der Waals surface area contributed by atoms with E-state index in [1.807, 2.05) is 0 Å². The van der Waals surface area contributed by atoms with Gasteiger partial charge >= 0.3 is 142 Å². The number of carboxylic acid groups (broad SMARTS) is 4. The van der Waals surface area contributed by atoms with E-state index in [2.05, 4.69) is 0 Å². The van der Waals surface area contributed by atoms with Crippen LogP contribution in [0.3, 0.4) is 0 Å². The normalized spacial score (nSPS) is 8.23. The predicted molar refractivity (Wildman–Crippen MR) is 77.9 cm³/mol. The van der Waals surface area contributed by atoms with Crippen LogP contribution in [0.1, 0.15) is 5.71 Å². The Morgan fingerprint density at radius 1 is 0.538 bits per heavy atom. The molecule has 0 aliphatic carbocycles. The van der Waals surface area contributed by atoms with Gasteiger partial charge in [0.1, 0.15) is 0 Å². The summed E-state index contributed by atoms with van der Waals surface area (Å²) < 4.78 is 0. The molecule has 0 heterocycles. The first-order valence-electron chi connectivity index (χ1n) is 5.52. The second kappa shape index (κ2) is 26.7. The maximum absolute atomic E-state index is 10.6. The minimum absolute atomic E-state index is 0. The third-order valence-electron chi connectivity index (χ3n) is 2.17. The van der Waals surface area contributed by atoms with Crippen molar-refractivity contribution < 1.29 is 164 Å². The van der Waals surface area contributed by atoms with Gasteiger partial charge in [-0.3, -0.25) is 29.0 Å². The standard InChI is InChI=1S/C10H16N2O8.2H3N.4Na.4H/c13-7(14)3-11(4-8(15)16)1-2-12(5-9(17)18)6-10(19)20;;;;;;;;;;/h1-6H2,(H,13,14)(H,15,16)(H,17,18)(H,19,20);2*1H3;;;;;;;;/q;;;4*+1;4*-1. The van der Waals surface area contributed by atoms with Gasteiger partial charge in [0, 0.05) is 13.1 Å². The van der Waals surface area contributed by atoms with Crippen LogP contribution in [0, 0.1) is 0 Å².